The molecule has 4 heteroatoms. The first-order valence-corrected chi connectivity index (χ1v) is 8.39. The van der Waals surface area contributed by atoms with Crippen LogP contribution in [-0.2, 0) is 14.9 Å². The van der Waals surface area contributed by atoms with E-state index in [0.717, 1.165) is 41.7 Å². The van der Waals surface area contributed by atoms with E-state index in [-0.39, 0.29) is 22.6 Å². The molecule has 1 aromatic carbocycles. The molecule has 1 unspecified atom stereocenters. The predicted octanol–water partition coefficient (Wildman–Crippen LogP) is 3.83. The van der Waals surface area contributed by atoms with Crippen LogP contribution in [0.2, 0.25) is 0 Å². The molecule has 0 bridgehead atoms. The third kappa shape index (κ3) is 2.54. The van der Waals surface area contributed by atoms with Gasteiger partial charge in [-0.3, -0.25) is 9.59 Å². The third-order valence-corrected chi connectivity index (χ3v) is 5.61. The zero-order valence-electron chi connectivity index (χ0n) is 14.8. The van der Waals surface area contributed by atoms with Gasteiger partial charge in [0.2, 0.25) is 0 Å². The summed E-state index contributed by atoms with van der Waals surface area (Å²) in [6.07, 6.45) is 4.68. The number of hydrogen-bond donors (Lipinski definition) is 0. The summed E-state index contributed by atoms with van der Waals surface area (Å²) in [6.45, 7) is 6.02. The Labute approximate surface area is 142 Å². The van der Waals surface area contributed by atoms with Gasteiger partial charge in [-0.2, -0.15) is 0 Å². The molecule has 1 fully saturated rings. The highest BCUT2D eigenvalue weighted by atomic mass is 16.5. The molecule has 0 heterocycles. The van der Waals surface area contributed by atoms with Gasteiger partial charge in [0, 0.05) is 23.3 Å². The van der Waals surface area contributed by atoms with Crippen LogP contribution in [0, 0.1) is 5.41 Å². The normalized spacial score (nSPS) is 28.5. The monoisotopic (exact) mass is 328 g/mol. The lowest BCUT2D eigenvalue weighted by Gasteiger charge is -2.49. The van der Waals surface area contributed by atoms with Crippen LogP contribution in [0.25, 0.3) is 0 Å². The second-order valence-electron chi connectivity index (χ2n) is 7.36. The summed E-state index contributed by atoms with van der Waals surface area (Å²) >= 11 is 0. The number of ketones is 1. The van der Waals surface area contributed by atoms with Crippen LogP contribution in [0.3, 0.4) is 0 Å². The van der Waals surface area contributed by atoms with Gasteiger partial charge >= 0.3 is 5.97 Å². The molecular formula is C20H24O4. The number of allylic oxidation sites excluding steroid dienone is 1. The highest BCUT2D eigenvalue weighted by Gasteiger charge is 2.49. The molecule has 1 saturated carbocycles. The first kappa shape index (κ1) is 16.7. The molecule has 1 aromatic rings. The molecule has 0 aliphatic heterocycles. The van der Waals surface area contributed by atoms with Crippen LogP contribution in [0.4, 0.5) is 0 Å². The van der Waals surface area contributed by atoms with Crippen molar-refractivity contribution in [3.8, 4) is 5.75 Å². The number of esters is 1. The van der Waals surface area contributed by atoms with E-state index < -0.39 is 0 Å². The molecule has 24 heavy (non-hydrogen) atoms. The number of rotatable bonds is 3. The zero-order valence-corrected chi connectivity index (χ0v) is 14.8. The Morgan fingerprint density at radius 1 is 1.25 bits per heavy atom. The standard InChI is InChI=1S/C20H24O4/c1-13(21)24-12-19(2)8-5-9-20(3)16-10-14(23-4)6-7-15(16)17(22)11-18(19)20/h6-7,10-11H,5,8-9,12H2,1-4H3/t19-,20?/m1/s1. The Hall–Kier alpha value is -2.10. The number of methoxy groups -OCH3 is 1. The van der Waals surface area contributed by atoms with Crippen molar-refractivity contribution in [2.24, 2.45) is 5.41 Å². The van der Waals surface area contributed by atoms with Crippen LogP contribution in [0.15, 0.2) is 29.8 Å². The fourth-order valence-corrected chi connectivity index (χ4v) is 4.32. The maximum Gasteiger partial charge on any atom is 0.302 e. The molecule has 3 rings (SSSR count). The van der Waals surface area contributed by atoms with Crippen molar-refractivity contribution >= 4 is 11.8 Å². The van der Waals surface area contributed by atoms with Crippen molar-refractivity contribution in [3.05, 3.63) is 41.0 Å². The van der Waals surface area contributed by atoms with Gasteiger partial charge in [-0.25, -0.2) is 0 Å². The molecule has 4 nitrogen and oxygen atoms in total. The van der Waals surface area contributed by atoms with Gasteiger partial charge in [-0.05, 0) is 48.3 Å². The second kappa shape index (κ2) is 5.76. The Morgan fingerprint density at radius 3 is 2.67 bits per heavy atom. The van der Waals surface area contributed by atoms with Gasteiger partial charge in [0.15, 0.2) is 5.78 Å². The minimum absolute atomic E-state index is 0.0241. The van der Waals surface area contributed by atoms with E-state index >= 15 is 0 Å². The fourth-order valence-electron chi connectivity index (χ4n) is 4.32. The number of ether oxygens (including phenoxy) is 2. The molecule has 0 N–H and O–H groups in total. The van der Waals surface area contributed by atoms with E-state index in [1.165, 1.54) is 6.92 Å². The lowest BCUT2D eigenvalue weighted by atomic mass is 9.55. The van der Waals surface area contributed by atoms with Crippen molar-refractivity contribution in [1.82, 2.24) is 0 Å². The van der Waals surface area contributed by atoms with E-state index in [0.29, 0.717) is 6.61 Å². The maximum atomic E-state index is 12.7. The van der Waals surface area contributed by atoms with Crippen LogP contribution in [0.5, 0.6) is 5.75 Å². The molecule has 0 spiro atoms. The average Bonchev–Trinajstić information content (AvgIpc) is 2.55. The van der Waals surface area contributed by atoms with Gasteiger partial charge in [0.1, 0.15) is 12.4 Å². The number of hydrogen-bond acceptors (Lipinski definition) is 4. The van der Waals surface area contributed by atoms with Gasteiger partial charge in [0.25, 0.3) is 0 Å². The maximum absolute atomic E-state index is 12.7. The predicted molar refractivity (Wildman–Crippen MR) is 91.4 cm³/mol. The summed E-state index contributed by atoms with van der Waals surface area (Å²) in [5.74, 6) is 0.501. The number of benzene rings is 1. The molecule has 0 saturated heterocycles. The summed E-state index contributed by atoms with van der Waals surface area (Å²) in [6, 6.07) is 5.67. The summed E-state index contributed by atoms with van der Waals surface area (Å²) in [4.78, 5) is 24.0. The first-order chi connectivity index (χ1) is 11.3. The largest absolute Gasteiger partial charge is 0.497 e. The van der Waals surface area contributed by atoms with Crippen molar-refractivity contribution in [2.45, 2.75) is 45.4 Å². The lowest BCUT2D eigenvalue weighted by Crippen LogP contribution is -2.44. The molecule has 0 radical (unpaired) electrons. The fraction of sp³-hybridized carbons (Fsp3) is 0.500. The molecule has 2 atom stereocenters. The van der Waals surface area contributed by atoms with Gasteiger partial charge < -0.3 is 9.47 Å². The van der Waals surface area contributed by atoms with Gasteiger partial charge in [-0.15, -0.1) is 0 Å². The van der Waals surface area contributed by atoms with Crippen LogP contribution in [-0.4, -0.2) is 25.5 Å². The number of fused-ring (bicyclic) bond motifs is 3. The third-order valence-electron chi connectivity index (χ3n) is 5.61. The SMILES string of the molecule is COc1ccc2c(c1)C1(C)CCC[C@](C)(COC(C)=O)C1=CC2=O. The van der Waals surface area contributed by atoms with Gasteiger partial charge in [-0.1, -0.05) is 20.3 Å². The van der Waals surface area contributed by atoms with Crippen LogP contribution in [0.1, 0.15) is 56.0 Å². The number of carbonyl (C=O) groups is 2. The minimum Gasteiger partial charge on any atom is -0.497 e. The molecular weight excluding hydrogens is 304 g/mol. The topological polar surface area (TPSA) is 52.6 Å². The van der Waals surface area contributed by atoms with E-state index in [1.54, 1.807) is 13.2 Å². The Morgan fingerprint density at radius 2 is 2.00 bits per heavy atom. The molecule has 2 aliphatic rings. The molecule has 128 valence electrons. The van der Waals surface area contributed by atoms with Crippen molar-refractivity contribution in [2.75, 3.05) is 13.7 Å². The van der Waals surface area contributed by atoms with Crippen LogP contribution < -0.4 is 4.74 Å². The molecule has 0 aromatic heterocycles. The lowest BCUT2D eigenvalue weighted by molar-refractivity contribution is -0.144. The second-order valence-corrected chi connectivity index (χ2v) is 7.36. The highest BCUT2D eigenvalue weighted by Crippen LogP contribution is 2.55. The molecule has 2 aliphatic carbocycles. The highest BCUT2D eigenvalue weighted by molar-refractivity contribution is 6.08. The van der Waals surface area contributed by atoms with E-state index in [4.69, 9.17) is 9.47 Å². The summed E-state index contributed by atoms with van der Waals surface area (Å²) in [5, 5.41) is 0. The summed E-state index contributed by atoms with van der Waals surface area (Å²) in [7, 11) is 1.64. The van der Waals surface area contributed by atoms with Crippen molar-refractivity contribution in [1.29, 1.82) is 0 Å². The Balaban J connectivity index is 2.10. The average molecular weight is 328 g/mol. The van der Waals surface area contributed by atoms with Gasteiger partial charge in [0.05, 0.1) is 7.11 Å². The first-order valence-electron chi connectivity index (χ1n) is 8.39. The summed E-state index contributed by atoms with van der Waals surface area (Å²) in [5.41, 5.74) is 2.31. The number of carbonyl (C=O) groups excluding carboxylic acids is 2. The van der Waals surface area contributed by atoms with E-state index in [1.807, 2.05) is 18.2 Å². The van der Waals surface area contributed by atoms with E-state index in [9.17, 15) is 9.59 Å². The molecule has 0 amide bonds. The summed E-state index contributed by atoms with van der Waals surface area (Å²) < 4.78 is 10.7. The van der Waals surface area contributed by atoms with E-state index in [2.05, 4.69) is 13.8 Å². The van der Waals surface area contributed by atoms with Crippen molar-refractivity contribution < 1.29 is 19.1 Å². The zero-order chi connectivity index (χ0) is 17.5. The van der Waals surface area contributed by atoms with Crippen LogP contribution >= 0.6 is 0 Å². The Bertz CT molecular complexity index is 733. The quantitative estimate of drug-likeness (QED) is 0.791. The minimum atomic E-state index is -0.310. The van der Waals surface area contributed by atoms with Crippen molar-refractivity contribution in [3.63, 3.8) is 0 Å². The smallest absolute Gasteiger partial charge is 0.302 e. The Kier molecular flexibility index (Phi) is 4.02.